The third kappa shape index (κ3) is 4.53. The zero-order valence-corrected chi connectivity index (χ0v) is 7.51. The molecule has 0 aliphatic rings. The van der Waals surface area contributed by atoms with Gasteiger partial charge in [0.15, 0.2) is 0 Å². The van der Waals surface area contributed by atoms with Crippen molar-refractivity contribution in [1.82, 2.24) is 0 Å². The van der Waals surface area contributed by atoms with Crippen LogP contribution in [0.15, 0.2) is 10.2 Å². The van der Waals surface area contributed by atoms with Gasteiger partial charge in [0.1, 0.15) is 0 Å². The molecule has 46 valence electrons. The standard InChI is InChI=1S/C4H6IO2P/c1-8-7-4(6)2-3-5/h2-3,8H,1H3/b3-2+. The Morgan fingerprint density at radius 3 is 2.88 bits per heavy atom. The van der Waals surface area contributed by atoms with Crippen LogP contribution >= 0.6 is 31.4 Å². The highest BCUT2D eigenvalue weighted by molar-refractivity contribution is 14.1. The van der Waals surface area contributed by atoms with Crippen molar-refractivity contribution in [3.63, 3.8) is 0 Å². The van der Waals surface area contributed by atoms with Crippen LogP contribution in [0.2, 0.25) is 0 Å². The number of carbonyl (C=O) groups is 1. The van der Waals surface area contributed by atoms with E-state index < -0.39 is 0 Å². The maximum atomic E-state index is 10.3. The second-order valence-electron chi connectivity index (χ2n) is 0.918. The topological polar surface area (TPSA) is 26.3 Å². The van der Waals surface area contributed by atoms with Gasteiger partial charge in [-0.2, -0.15) is 0 Å². The van der Waals surface area contributed by atoms with Crippen molar-refractivity contribution in [3.05, 3.63) is 10.2 Å². The van der Waals surface area contributed by atoms with Gasteiger partial charge in [0.25, 0.3) is 0 Å². The SMILES string of the molecule is CPOC(=O)/C=C/I. The quantitative estimate of drug-likeness (QED) is 0.419. The van der Waals surface area contributed by atoms with E-state index in [0.29, 0.717) is 0 Å². The Hall–Kier alpha value is 0.370. The van der Waals surface area contributed by atoms with Gasteiger partial charge in [-0.3, -0.25) is 0 Å². The van der Waals surface area contributed by atoms with E-state index in [9.17, 15) is 4.79 Å². The summed E-state index contributed by atoms with van der Waals surface area (Å²) >= 11 is 1.96. The van der Waals surface area contributed by atoms with E-state index in [2.05, 4.69) is 4.52 Å². The molecular formula is C4H6IO2P. The van der Waals surface area contributed by atoms with Gasteiger partial charge in [0.05, 0.1) is 8.81 Å². The maximum Gasteiger partial charge on any atom is 0.333 e. The minimum Gasteiger partial charge on any atom is -0.445 e. The van der Waals surface area contributed by atoms with Crippen LogP contribution in [0, 0.1) is 0 Å². The van der Waals surface area contributed by atoms with Crippen LogP contribution < -0.4 is 0 Å². The maximum absolute atomic E-state index is 10.3. The summed E-state index contributed by atoms with van der Waals surface area (Å²) in [7, 11) is 0.244. The fourth-order valence-corrected chi connectivity index (χ4v) is 0.749. The molecule has 0 aromatic rings. The summed E-state index contributed by atoms with van der Waals surface area (Å²) in [5.74, 6) is -0.264. The van der Waals surface area contributed by atoms with E-state index in [0.717, 1.165) is 0 Å². The molecule has 0 radical (unpaired) electrons. The lowest BCUT2D eigenvalue weighted by atomic mass is 10.7. The summed E-state index contributed by atoms with van der Waals surface area (Å²) in [6.45, 7) is 1.80. The van der Waals surface area contributed by atoms with Crippen LogP contribution in [0.3, 0.4) is 0 Å². The van der Waals surface area contributed by atoms with Crippen molar-refractivity contribution in [2.75, 3.05) is 6.66 Å². The molecule has 8 heavy (non-hydrogen) atoms. The van der Waals surface area contributed by atoms with Crippen LogP contribution in [0.4, 0.5) is 0 Å². The van der Waals surface area contributed by atoms with Crippen molar-refractivity contribution in [2.45, 2.75) is 0 Å². The highest BCUT2D eigenvalue weighted by Gasteiger charge is 1.89. The molecule has 0 fully saturated rings. The zero-order chi connectivity index (χ0) is 6.41. The van der Waals surface area contributed by atoms with Gasteiger partial charge in [0.2, 0.25) is 0 Å². The Labute approximate surface area is 63.7 Å². The average Bonchev–Trinajstić information content (AvgIpc) is 1.68. The molecule has 0 heterocycles. The van der Waals surface area contributed by atoms with Gasteiger partial charge >= 0.3 is 5.97 Å². The van der Waals surface area contributed by atoms with E-state index >= 15 is 0 Å². The first-order chi connectivity index (χ1) is 3.81. The molecule has 1 atom stereocenters. The van der Waals surface area contributed by atoms with Crippen LogP contribution in [-0.2, 0) is 9.32 Å². The average molecular weight is 244 g/mol. The molecule has 0 bridgehead atoms. The summed E-state index contributed by atoms with van der Waals surface area (Å²) < 4.78 is 6.20. The minimum atomic E-state index is -0.264. The Kier molecular flexibility index (Phi) is 5.76. The highest BCUT2D eigenvalue weighted by atomic mass is 127. The highest BCUT2D eigenvalue weighted by Crippen LogP contribution is 2.04. The molecule has 0 spiro atoms. The van der Waals surface area contributed by atoms with Crippen LogP contribution in [0.1, 0.15) is 0 Å². The molecule has 4 heteroatoms. The Morgan fingerprint density at radius 1 is 1.88 bits per heavy atom. The normalized spacial score (nSPS) is 11.2. The molecule has 0 rings (SSSR count). The summed E-state index contributed by atoms with van der Waals surface area (Å²) in [4.78, 5) is 10.3. The molecule has 0 amide bonds. The van der Waals surface area contributed by atoms with Gasteiger partial charge in [0, 0.05) is 6.08 Å². The molecule has 0 saturated carbocycles. The van der Waals surface area contributed by atoms with E-state index in [4.69, 9.17) is 0 Å². The summed E-state index contributed by atoms with van der Waals surface area (Å²) in [6.07, 6.45) is 1.39. The zero-order valence-electron chi connectivity index (χ0n) is 4.35. The monoisotopic (exact) mass is 244 g/mol. The van der Waals surface area contributed by atoms with Crippen LogP contribution in [-0.4, -0.2) is 12.6 Å². The van der Waals surface area contributed by atoms with Crippen molar-refractivity contribution < 1.29 is 9.32 Å². The minimum absolute atomic E-state index is 0.244. The third-order valence-electron chi connectivity index (χ3n) is 0.402. The lowest BCUT2D eigenvalue weighted by Crippen LogP contribution is -1.88. The van der Waals surface area contributed by atoms with Crippen molar-refractivity contribution >= 4 is 37.4 Å². The summed E-state index contributed by atoms with van der Waals surface area (Å²) in [5, 5.41) is 0. The lowest BCUT2D eigenvalue weighted by Gasteiger charge is -1.90. The predicted octanol–water partition coefficient (Wildman–Crippen LogP) is 1.70. The number of carbonyl (C=O) groups excluding carboxylic acids is 1. The lowest BCUT2D eigenvalue weighted by molar-refractivity contribution is -0.128. The Morgan fingerprint density at radius 2 is 2.50 bits per heavy atom. The molecule has 2 nitrogen and oxygen atoms in total. The summed E-state index contributed by atoms with van der Waals surface area (Å²) in [6, 6.07) is 0. The molecule has 0 aromatic carbocycles. The smallest absolute Gasteiger partial charge is 0.333 e. The van der Waals surface area contributed by atoms with Crippen molar-refractivity contribution in [3.8, 4) is 0 Å². The molecular weight excluding hydrogens is 238 g/mol. The molecule has 0 saturated heterocycles. The third-order valence-corrected chi connectivity index (χ3v) is 1.17. The fourth-order valence-electron chi connectivity index (χ4n) is 0.186. The number of halogens is 1. The second-order valence-corrected chi connectivity index (χ2v) is 2.25. The fraction of sp³-hybridized carbons (Fsp3) is 0.250. The number of hydrogen-bond donors (Lipinski definition) is 0. The molecule has 0 aliphatic carbocycles. The van der Waals surface area contributed by atoms with Crippen molar-refractivity contribution in [2.24, 2.45) is 0 Å². The van der Waals surface area contributed by atoms with Crippen molar-refractivity contribution in [1.29, 1.82) is 0 Å². The summed E-state index contributed by atoms with van der Waals surface area (Å²) in [5.41, 5.74) is 0. The molecule has 1 unspecified atom stereocenters. The largest absolute Gasteiger partial charge is 0.445 e. The Balaban J connectivity index is 3.33. The van der Waals surface area contributed by atoms with Gasteiger partial charge in [-0.05, 0) is 10.7 Å². The predicted molar refractivity (Wildman–Crippen MR) is 43.5 cm³/mol. The second kappa shape index (κ2) is 5.51. The number of rotatable bonds is 2. The first-order valence-electron chi connectivity index (χ1n) is 1.95. The first-order valence-corrected chi connectivity index (χ1v) is 4.61. The van der Waals surface area contributed by atoms with E-state index in [-0.39, 0.29) is 14.8 Å². The van der Waals surface area contributed by atoms with E-state index in [1.807, 2.05) is 22.6 Å². The van der Waals surface area contributed by atoms with Crippen LogP contribution in [0.25, 0.3) is 0 Å². The Bertz CT molecular complexity index is 102. The first kappa shape index (κ1) is 8.37. The molecule has 0 aromatic heterocycles. The molecule has 0 aliphatic heterocycles. The van der Waals surface area contributed by atoms with Crippen LogP contribution in [0.5, 0.6) is 0 Å². The van der Waals surface area contributed by atoms with Gasteiger partial charge < -0.3 is 4.52 Å². The van der Waals surface area contributed by atoms with E-state index in [1.165, 1.54) is 6.08 Å². The number of hydrogen-bond acceptors (Lipinski definition) is 2. The van der Waals surface area contributed by atoms with Gasteiger partial charge in [-0.1, -0.05) is 22.6 Å². The molecule has 0 N–H and O–H groups in total. The van der Waals surface area contributed by atoms with E-state index in [1.54, 1.807) is 10.7 Å². The van der Waals surface area contributed by atoms with Gasteiger partial charge in [-0.15, -0.1) is 0 Å². The van der Waals surface area contributed by atoms with Gasteiger partial charge in [-0.25, -0.2) is 4.79 Å².